The Bertz CT molecular complexity index is 933. The van der Waals surface area contributed by atoms with Crippen LogP contribution < -0.4 is 5.32 Å². The molecular weight excluding hydrogens is 370 g/mol. The van der Waals surface area contributed by atoms with Gasteiger partial charge in [-0.15, -0.1) is 0 Å². The van der Waals surface area contributed by atoms with Gasteiger partial charge in [0.2, 0.25) is 11.9 Å². The van der Waals surface area contributed by atoms with E-state index in [1.807, 2.05) is 24.9 Å². The maximum Gasteiger partial charge on any atom is 0.273 e. The third-order valence-corrected chi connectivity index (χ3v) is 5.68. The Labute approximate surface area is 170 Å². The Morgan fingerprint density at radius 1 is 1.14 bits per heavy atom. The quantitative estimate of drug-likeness (QED) is 0.838. The highest BCUT2D eigenvalue weighted by Crippen LogP contribution is 2.25. The number of nitrogens with zero attached hydrogens (tertiary/aromatic N) is 6. The van der Waals surface area contributed by atoms with Crippen molar-refractivity contribution in [2.24, 2.45) is 0 Å². The molecule has 4 heterocycles. The third-order valence-electron chi connectivity index (χ3n) is 5.68. The Morgan fingerprint density at radius 2 is 1.90 bits per heavy atom. The number of amides is 2. The molecule has 2 aromatic rings. The maximum absolute atomic E-state index is 13.1. The summed E-state index contributed by atoms with van der Waals surface area (Å²) in [5.74, 6) is 0.366. The van der Waals surface area contributed by atoms with Gasteiger partial charge in [-0.25, -0.2) is 9.97 Å². The summed E-state index contributed by atoms with van der Waals surface area (Å²) in [5.41, 5.74) is 3.05. The zero-order chi connectivity index (χ0) is 20.5. The highest BCUT2D eigenvalue weighted by molar-refractivity contribution is 5.94. The van der Waals surface area contributed by atoms with E-state index in [0.29, 0.717) is 31.2 Å². The number of anilines is 1. The van der Waals surface area contributed by atoms with Crippen LogP contribution >= 0.6 is 0 Å². The lowest BCUT2D eigenvalue weighted by Crippen LogP contribution is -2.42. The van der Waals surface area contributed by atoms with Crippen LogP contribution in [0.25, 0.3) is 0 Å². The first-order valence-electron chi connectivity index (χ1n) is 10.1. The Balaban J connectivity index is 1.62. The summed E-state index contributed by atoms with van der Waals surface area (Å²) in [5, 5.41) is 7.23. The molecule has 0 aliphatic carbocycles. The zero-order valence-corrected chi connectivity index (χ0v) is 17.2. The van der Waals surface area contributed by atoms with Crippen molar-refractivity contribution in [3.63, 3.8) is 0 Å². The number of rotatable bonds is 4. The number of carbonyl (C=O) groups excluding carboxylic acids is 2. The molecule has 9 nitrogen and oxygen atoms in total. The van der Waals surface area contributed by atoms with Gasteiger partial charge in [0, 0.05) is 51.4 Å². The molecule has 0 radical (unpaired) electrons. The van der Waals surface area contributed by atoms with Gasteiger partial charge in [0.1, 0.15) is 11.7 Å². The summed E-state index contributed by atoms with van der Waals surface area (Å²) >= 11 is 0. The predicted octanol–water partition coefficient (Wildman–Crippen LogP) is 1.41. The molecular formula is C20H27N7O2. The summed E-state index contributed by atoms with van der Waals surface area (Å²) in [7, 11) is 1.75. The van der Waals surface area contributed by atoms with Gasteiger partial charge in [0.15, 0.2) is 0 Å². The van der Waals surface area contributed by atoms with Crippen molar-refractivity contribution < 1.29 is 9.59 Å². The molecule has 0 spiro atoms. The van der Waals surface area contributed by atoms with Crippen molar-refractivity contribution in [3.8, 4) is 0 Å². The minimum absolute atomic E-state index is 0.0176. The molecule has 2 aromatic heterocycles. The molecule has 4 rings (SSSR count). The highest BCUT2D eigenvalue weighted by atomic mass is 16.2. The molecule has 0 unspecified atom stereocenters. The van der Waals surface area contributed by atoms with Crippen molar-refractivity contribution in [2.45, 2.75) is 45.7 Å². The van der Waals surface area contributed by atoms with E-state index in [2.05, 4.69) is 20.4 Å². The number of likely N-dealkylation sites (tertiary alicyclic amines) is 1. The van der Waals surface area contributed by atoms with Crippen molar-refractivity contribution in [1.82, 2.24) is 29.5 Å². The lowest BCUT2D eigenvalue weighted by atomic mass is 10.0. The normalized spacial score (nSPS) is 17.2. The van der Waals surface area contributed by atoms with Gasteiger partial charge in [0.25, 0.3) is 5.91 Å². The third kappa shape index (κ3) is 3.68. The Morgan fingerprint density at radius 3 is 2.55 bits per heavy atom. The first-order valence-corrected chi connectivity index (χ1v) is 10.1. The van der Waals surface area contributed by atoms with Crippen LogP contribution in [0.15, 0.2) is 12.4 Å². The predicted molar refractivity (Wildman–Crippen MR) is 108 cm³/mol. The molecule has 2 aliphatic rings. The number of hydrogen-bond acceptors (Lipinski definition) is 6. The molecule has 9 heteroatoms. The molecule has 2 amide bonds. The number of aromatic nitrogens is 4. The van der Waals surface area contributed by atoms with E-state index in [-0.39, 0.29) is 11.8 Å². The molecule has 29 heavy (non-hydrogen) atoms. The van der Waals surface area contributed by atoms with E-state index in [1.165, 1.54) is 0 Å². The number of fused-ring (bicyclic) bond motifs is 1. The lowest BCUT2D eigenvalue weighted by Gasteiger charge is -2.31. The zero-order valence-electron chi connectivity index (χ0n) is 17.2. The number of carbonyl (C=O) groups is 2. The van der Waals surface area contributed by atoms with Gasteiger partial charge in [-0.1, -0.05) is 0 Å². The maximum atomic E-state index is 13.1. The van der Waals surface area contributed by atoms with Gasteiger partial charge < -0.3 is 15.1 Å². The van der Waals surface area contributed by atoms with Crippen molar-refractivity contribution >= 4 is 17.8 Å². The van der Waals surface area contributed by atoms with E-state index < -0.39 is 6.04 Å². The lowest BCUT2D eigenvalue weighted by molar-refractivity contribution is -0.135. The van der Waals surface area contributed by atoms with E-state index in [4.69, 9.17) is 0 Å². The second kappa shape index (κ2) is 7.81. The SMILES string of the molecule is CNc1nc2c(c(C(=O)N3CCCC3)n1)CN(C(=O)[C@H](C)n1cc(C)cn1)CC2. The monoisotopic (exact) mass is 397 g/mol. The molecule has 1 fully saturated rings. The first kappa shape index (κ1) is 19.4. The fraction of sp³-hybridized carbons (Fsp3) is 0.550. The van der Waals surface area contributed by atoms with Crippen LogP contribution in [-0.2, 0) is 17.8 Å². The molecule has 0 bridgehead atoms. The highest BCUT2D eigenvalue weighted by Gasteiger charge is 2.32. The second-order valence-electron chi connectivity index (χ2n) is 7.75. The molecule has 154 valence electrons. The van der Waals surface area contributed by atoms with Crippen LogP contribution in [-0.4, -0.2) is 68.0 Å². The van der Waals surface area contributed by atoms with E-state index in [0.717, 1.165) is 42.8 Å². The van der Waals surface area contributed by atoms with Gasteiger partial charge in [0.05, 0.1) is 11.9 Å². The van der Waals surface area contributed by atoms with Gasteiger partial charge in [-0.3, -0.25) is 14.3 Å². The second-order valence-corrected chi connectivity index (χ2v) is 7.75. The van der Waals surface area contributed by atoms with E-state index >= 15 is 0 Å². The molecule has 1 N–H and O–H groups in total. The minimum Gasteiger partial charge on any atom is -0.357 e. The number of aryl methyl sites for hydroxylation is 1. The minimum atomic E-state index is -0.402. The molecule has 1 saturated heterocycles. The molecule has 0 aromatic carbocycles. The fourth-order valence-electron chi connectivity index (χ4n) is 3.98. The average molecular weight is 397 g/mol. The average Bonchev–Trinajstić information content (AvgIpc) is 3.43. The molecule has 0 saturated carbocycles. The Kier molecular flexibility index (Phi) is 5.21. The van der Waals surface area contributed by atoms with Crippen molar-refractivity contribution in [3.05, 3.63) is 34.9 Å². The van der Waals surface area contributed by atoms with Crippen LogP contribution in [0.1, 0.15) is 53.1 Å². The first-order chi connectivity index (χ1) is 14.0. The fourth-order valence-corrected chi connectivity index (χ4v) is 3.98. The van der Waals surface area contributed by atoms with Crippen molar-refractivity contribution in [2.75, 3.05) is 32.0 Å². The number of hydrogen-bond donors (Lipinski definition) is 1. The van der Waals surface area contributed by atoms with E-state index in [1.54, 1.807) is 22.8 Å². The van der Waals surface area contributed by atoms with Gasteiger partial charge >= 0.3 is 0 Å². The van der Waals surface area contributed by atoms with Crippen LogP contribution in [0.3, 0.4) is 0 Å². The van der Waals surface area contributed by atoms with Crippen LogP contribution in [0.2, 0.25) is 0 Å². The molecule has 1 atom stereocenters. The largest absolute Gasteiger partial charge is 0.357 e. The summed E-state index contributed by atoms with van der Waals surface area (Å²) in [6.45, 7) is 6.22. The van der Waals surface area contributed by atoms with E-state index in [9.17, 15) is 9.59 Å². The Hall–Kier alpha value is -2.97. The number of nitrogens with one attached hydrogen (secondary N) is 1. The summed E-state index contributed by atoms with van der Waals surface area (Å²) in [4.78, 5) is 38.9. The van der Waals surface area contributed by atoms with Crippen molar-refractivity contribution in [1.29, 1.82) is 0 Å². The van der Waals surface area contributed by atoms with Crippen LogP contribution in [0.5, 0.6) is 0 Å². The van der Waals surface area contributed by atoms with Crippen LogP contribution in [0.4, 0.5) is 5.95 Å². The summed E-state index contributed by atoms with van der Waals surface area (Å²) in [6, 6.07) is -0.402. The van der Waals surface area contributed by atoms with Crippen LogP contribution in [0, 0.1) is 6.92 Å². The smallest absolute Gasteiger partial charge is 0.273 e. The van der Waals surface area contributed by atoms with Gasteiger partial charge in [-0.05, 0) is 32.3 Å². The standard InChI is InChI=1S/C20H27N7O2/c1-13-10-22-27(11-13)14(2)18(28)26-9-6-16-15(12-26)17(24-20(21-3)23-16)19(29)25-7-4-5-8-25/h10-11,14H,4-9,12H2,1-3H3,(H,21,23,24)/t14-/m0/s1. The summed E-state index contributed by atoms with van der Waals surface area (Å²) < 4.78 is 1.68. The van der Waals surface area contributed by atoms with Gasteiger partial charge in [-0.2, -0.15) is 5.10 Å². The molecule has 2 aliphatic heterocycles. The summed E-state index contributed by atoms with van der Waals surface area (Å²) in [6.07, 6.45) is 6.25. The topological polar surface area (TPSA) is 96.3 Å².